The van der Waals surface area contributed by atoms with Crippen molar-refractivity contribution in [2.24, 2.45) is 0 Å². The molecular weight excluding hydrogens is 262 g/mol. The maximum absolute atomic E-state index is 12.2. The molecule has 0 spiro atoms. The Morgan fingerprint density at radius 3 is 2.60 bits per heavy atom. The molecule has 1 heterocycles. The van der Waals surface area contributed by atoms with Crippen molar-refractivity contribution in [1.29, 1.82) is 0 Å². The van der Waals surface area contributed by atoms with Crippen LogP contribution < -0.4 is 5.32 Å². The normalized spacial score (nSPS) is 21.7. The average Bonchev–Trinajstić information content (AvgIpc) is 2.90. The van der Waals surface area contributed by atoms with Gasteiger partial charge in [-0.25, -0.2) is 4.79 Å². The van der Waals surface area contributed by atoms with Gasteiger partial charge < -0.3 is 20.3 Å². The number of aliphatic carboxylic acids is 1. The summed E-state index contributed by atoms with van der Waals surface area (Å²) in [7, 11) is 0. The van der Waals surface area contributed by atoms with E-state index < -0.39 is 17.5 Å². The molecule has 1 aliphatic heterocycles. The maximum atomic E-state index is 12.2. The summed E-state index contributed by atoms with van der Waals surface area (Å²) in [4.78, 5) is 23.6. The number of ether oxygens (including phenoxy) is 1. The molecule has 6 heteroatoms. The highest BCUT2D eigenvalue weighted by atomic mass is 16.5. The van der Waals surface area contributed by atoms with Gasteiger partial charge in [0.2, 0.25) is 5.60 Å². The van der Waals surface area contributed by atoms with Gasteiger partial charge in [-0.1, -0.05) is 6.07 Å². The van der Waals surface area contributed by atoms with Gasteiger partial charge in [-0.15, -0.1) is 0 Å². The molecule has 0 aliphatic carbocycles. The summed E-state index contributed by atoms with van der Waals surface area (Å²) < 4.78 is 5.16. The lowest BCUT2D eigenvalue weighted by Gasteiger charge is -2.23. The number of carboxylic acids is 1. The number of carbonyl (C=O) groups is 2. The fraction of sp³-hybridized carbons (Fsp3) is 0.429. The molecule has 1 aliphatic rings. The van der Waals surface area contributed by atoms with Crippen LogP contribution in [0.15, 0.2) is 12.1 Å². The first-order valence-electron chi connectivity index (χ1n) is 6.36. The summed E-state index contributed by atoms with van der Waals surface area (Å²) in [5, 5.41) is 21.6. The van der Waals surface area contributed by atoms with Crippen molar-refractivity contribution in [3.63, 3.8) is 0 Å². The summed E-state index contributed by atoms with van der Waals surface area (Å²) in [6.07, 6.45) is 0.670. The number of phenols is 1. The fourth-order valence-corrected chi connectivity index (χ4v) is 2.28. The summed E-state index contributed by atoms with van der Waals surface area (Å²) in [5.74, 6) is -1.92. The highest BCUT2D eigenvalue weighted by Crippen LogP contribution is 2.31. The van der Waals surface area contributed by atoms with Crippen LogP contribution in [0.3, 0.4) is 0 Å². The highest BCUT2D eigenvalue weighted by molar-refractivity contribution is 6.12. The van der Waals surface area contributed by atoms with E-state index in [9.17, 15) is 19.8 Å². The van der Waals surface area contributed by atoms with Crippen LogP contribution in [-0.4, -0.2) is 34.3 Å². The molecule has 6 nitrogen and oxygen atoms in total. The van der Waals surface area contributed by atoms with E-state index in [0.717, 1.165) is 0 Å². The van der Waals surface area contributed by atoms with E-state index in [0.29, 0.717) is 23.2 Å². The van der Waals surface area contributed by atoms with Gasteiger partial charge in [0.15, 0.2) is 0 Å². The van der Waals surface area contributed by atoms with E-state index in [4.69, 9.17) is 4.74 Å². The van der Waals surface area contributed by atoms with Gasteiger partial charge in [0.05, 0.1) is 0 Å². The van der Waals surface area contributed by atoms with Crippen LogP contribution in [0.1, 0.15) is 24.0 Å². The lowest BCUT2D eigenvalue weighted by Crippen LogP contribution is -2.49. The van der Waals surface area contributed by atoms with Crippen LogP contribution in [0.2, 0.25) is 0 Å². The van der Waals surface area contributed by atoms with E-state index >= 15 is 0 Å². The smallest absolute Gasteiger partial charge is 0.345 e. The Kier molecular flexibility index (Phi) is 3.67. The summed E-state index contributed by atoms with van der Waals surface area (Å²) in [5.41, 5.74) is -0.260. The summed E-state index contributed by atoms with van der Waals surface area (Å²) >= 11 is 0. The minimum atomic E-state index is -1.83. The number of carbonyl (C=O) groups excluding carboxylic acids is 1. The minimum Gasteiger partial charge on any atom is -0.507 e. The predicted octanol–water partition coefficient (Wildman–Crippen LogP) is 1.58. The van der Waals surface area contributed by atoms with E-state index in [1.807, 2.05) is 0 Å². The molecular formula is C14H17NO5. The minimum absolute atomic E-state index is 0.0829. The Balaban J connectivity index is 2.28. The van der Waals surface area contributed by atoms with Crippen LogP contribution in [0.5, 0.6) is 5.75 Å². The van der Waals surface area contributed by atoms with Crippen molar-refractivity contribution in [3.05, 3.63) is 23.3 Å². The topological polar surface area (TPSA) is 95.9 Å². The van der Waals surface area contributed by atoms with Crippen LogP contribution >= 0.6 is 0 Å². The third-order valence-electron chi connectivity index (χ3n) is 3.61. The lowest BCUT2D eigenvalue weighted by molar-refractivity contribution is -0.165. The third kappa shape index (κ3) is 2.22. The molecule has 1 aromatic rings. The molecule has 1 unspecified atom stereocenters. The molecule has 1 aromatic carbocycles. The number of hydrogen-bond acceptors (Lipinski definition) is 4. The Morgan fingerprint density at radius 2 is 2.05 bits per heavy atom. The molecule has 1 amide bonds. The second-order valence-electron chi connectivity index (χ2n) is 4.94. The van der Waals surface area contributed by atoms with Crippen LogP contribution in [0.25, 0.3) is 0 Å². The predicted molar refractivity (Wildman–Crippen MR) is 71.8 cm³/mol. The van der Waals surface area contributed by atoms with Crippen molar-refractivity contribution >= 4 is 17.6 Å². The van der Waals surface area contributed by atoms with Gasteiger partial charge in [0.1, 0.15) is 5.75 Å². The zero-order chi connectivity index (χ0) is 14.9. The van der Waals surface area contributed by atoms with Crippen molar-refractivity contribution in [2.45, 2.75) is 32.3 Å². The number of aromatic hydroxyl groups is 1. The molecule has 1 saturated heterocycles. The molecule has 1 fully saturated rings. The summed E-state index contributed by atoms with van der Waals surface area (Å²) in [6.45, 7) is 3.64. The summed E-state index contributed by atoms with van der Waals surface area (Å²) in [6, 6.07) is 3.29. The molecule has 0 radical (unpaired) electrons. The number of nitrogens with one attached hydrogen (secondary N) is 1. The van der Waals surface area contributed by atoms with Crippen molar-refractivity contribution in [2.75, 3.05) is 11.9 Å². The van der Waals surface area contributed by atoms with Crippen LogP contribution in [0.4, 0.5) is 5.69 Å². The first-order valence-corrected chi connectivity index (χ1v) is 6.36. The second kappa shape index (κ2) is 5.13. The number of amides is 1. The molecule has 3 N–H and O–H groups in total. The van der Waals surface area contributed by atoms with E-state index in [1.165, 1.54) is 0 Å². The standard InChI is InChI=1S/C14H17NO5/c1-8-4-5-10(9(2)11(8)16)15-12(17)14(13(18)19)6-3-7-20-14/h4-5,16H,3,6-7H2,1-2H3,(H,15,17)(H,18,19). The number of phenolic OH excluding ortho intramolecular Hbond substituents is 1. The number of hydrogen-bond donors (Lipinski definition) is 3. The van der Waals surface area contributed by atoms with E-state index in [-0.39, 0.29) is 18.8 Å². The number of aryl methyl sites for hydroxylation is 1. The Labute approximate surface area is 116 Å². The van der Waals surface area contributed by atoms with Crippen LogP contribution in [0, 0.1) is 13.8 Å². The molecule has 2 rings (SSSR count). The molecule has 0 aromatic heterocycles. The molecule has 1 atom stereocenters. The van der Waals surface area contributed by atoms with Gasteiger partial charge in [0.25, 0.3) is 5.91 Å². The molecule has 0 bridgehead atoms. The average molecular weight is 279 g/mol. The second-order valence-corrected chi connectivity index (χ2v) is 4.94. The first kappa shape index (κ1) is 14.3. The zero-order valence-electron chi connectivity index (χ0n) is 11.4. The third-order valence-corrected chi connectivity index (χ3v) is 3.61. The molecule has 20 heavy (non-hydrogen) atoms. The Morgan fingerprint density at radius 1 is 1.35 bits per heavy atom. The van der Waals surface area contributed by atoms with E-state index in [1.54, 1.807) is 26.0 Å². The lowest BCUT2D eigenvalue weighted by atomic mass is 9.98. The van der Waals surface area contributed by atoms with Crippen LogP contribution in [-0.2, 0) is 14.3 Å². The van der Waals surface area contributed by atoms with Crippen molar-refractivity contribution in [3.8, 4) is 5.75 Å². The highest BCUT2D eigenvalue weighted by Gasteiger charge is 2.50. The van der Waals surface area contributed by atoms with E-state index in [2.05, 4.69) is 5.32 Å². The number of carboxylic acid groups (broad SMARTS) is 1. The maximum Gasteiger partial charge on any atom is 0.345 e. The number of anilines is 1. The van der Waals surface area contributed by atoms with Gasteiger partial charge in [-0.05, 0) is 38.3 Å². The zero-order valence-corrected chi connectivity index (χ0v) is 11.4. The molecule has 108 valence electrons. The Hall–Kier alpha value is -2.08. The number of benzene rings is 1. The quantitative estimate of drug-likeness (QED) is 0.730. The number of rotatable bonds is 3. The van der Waals surface area contributed by atoms with Gasteiger partial charge in [0, 0.05) is 17.9 Å². The molecule has 0 saturated carbocycles. The van der Waals surface area contributed by atoms with Crippen molar-refractivity contribution in [1.82, 2.24) is 0 Å². The van der Waals surface area contributed by atoms with Gasteiger partial charge in [-0.2, -0.15) is 0 Å². The monoisotopic (exact) mass is 279 g/mol. The first-order chi connectivity index (χ1) is 9.38. The largest absolute Gasteiger partial charge is 0.507 e. The SMILES string of the molecule is Cc1ccc(NC(=O)C2(C(=O)O)CCCO2)c(C)c1O. The van der Waals surface area contributed by atoms with Gasteiger partial charge in [-0.3, -0.25) is 4.79 Å². The van der Waals surface area contributed by atoms with Gasteiger partial charge >= 0.3 is 5.97 Å². The van der Waals surface area contributed by atoms with Crippen molar-refractivity contribution < 1.29 is 24.5 Å². The fourth-order valence-electron chi connectivity index (χ4n) is 2.28. The Bertz CT molecular complexity index is 561.